The summed E-state index contributed by atoms with van der Waals surface area (Å²) < 4.78 is 16.8. The molecule has 3 amide bonds. The second-order valence-electron chi connectivity index (χ2n) is 11.7. The molecule has 1 aromatic heterocycles. The molecule has 0 spiro atoms. The highest BCUT2D eigenvalue weighted by Crippen LogP contribution is 2.37. The number of hydrogen-bond acceptors (Lipinski definition) is 5. The first-order valence-corrected chi connectivity index (χ1v) is 17.2. The van der Waals surface area contributed by atoms with Crippen LogP contribution in [0.5, 0.6) is 0 Å². The average molecular weight is 712 g/mol. The summed E-state index contributed by atoms with van der Waals surface area (Å²) in [7, 11) is 1.77. The molecule has 6 rings (SSSR count). The fourth-order valence-corrected chi connectivity index (χ4v) is 6.45. The number of thioether (sulfide) groups is 1. The fourth-order valence-electron chi connectivity index (χ4n) is 5.42. The molecule has 0 radical (unpaired) electrons. The van der Waals surface area contributed by atoms with Crippen molar-refractivity contribution >= 4 is 46.9 Å². The predicted molar refractivity (Wildman–Crippen MR) is 203 cm³/mol. The van der Waals surface area contributed by atoms with Crippen LogP contribution in [0.15, 0.2) is 155 Å². The Morgan fingerprint density at radius 3 is 1.98 bits per heavy atom. The Balaban J connectivity index is 1.21. The third-order valence-corrected chi connectivity index (χ3v) is 9.49. The van der Waals surface area contributed by atoms with Gasteiger partial charge in [-0.25, -0.2) is 9.07 Å². The summed E-state index contributed by atoms with van der Waals surface area (Å²) >= 11 is 1.29. The molecule has 0 aliphatic heterocycles. The zero-order chi connectivity index (χ0) is 36.6. The lowest BCUT2D eigenvalue weighted by Crippen LogP contribution is -2.30. The molecule has 52 heavy (non-hydrogen) atoms. The molecule has 0 aliphatic rings. The molecule has 0 bridgehead atoms. The zero-order valence-corrected chi connectivity index (χ0v) is 29.1. The van der Waals surface area contributed by atoms with Crippen LogP contribution in [0.25, 0.3) is 11.8 Å². The van der Waals surface area contributed by atoms with Crippen molar-refractivity contribution in [1.29, 1.82) is 0 Å². The number of nitrogens with one attached hydrogen (secondary N) is 3. The van der Waals surface area contributed by atoms with Gasteiger partial charge in [-0.2, -0.15) is 0 Å². The van der Waals surface area contributed by atoms with E-state index in [0.717, 1.165) is 10.5 Å². The van der Waals surface area contributed by atoms with Crippen molar-refractivity contribution in [3.63, 3.8) is 0 Å². The zero-order valence-electron chi connectivity index (χ0n) is 28.2. The number of amides is 3. The Bertz CT molecular complexity index is 2290. The number of anilines is 2. The highest BCUT2D eigenvalue weighted by atomic mass is 32.2. The maximum absolute atomic E-state index is 13.9. The maximum atomic E-state index is 13.9. The molecule has 260 valence electrons. The van der Waals surface area contributed by atoms with Crippen LogP contribution in [0, 0.1) is 12.7 Å². The lowest BCUT2D eigenvalue weighted by Gasteiger charge is -2.17. The highest BCUT2D eigenvalue weighted by Gasteiger charge is 2.26. The number of para-hydroxylation sites is 1. The minimum absolute atomic E-state index is 0.0396. The molecular weight excluding hydrogens is 678 g/mol. The summed E-state index contributed by atoms with van der Waals surface area (Å²) in [6, 6.07) is 39.4. The second kappa shape index (κ2) is 16.0. The molecule has 6 aromatic rings. The average Bonchev–Trinajstić information content (AvgIpc) is 3.38. The third kappa shape index (κ3) is 8.28. The summed E-state index contributed by atoms with van der Waals surface area (Å²) in [6.07, 6.45) is 1.46. The van der Waals surface area contributed by atoms with Gasteiger partial charge in [0, 0.05) is 23.2 Å². The monoisotopic (exact) mass is 711 g/mol. The molecule has 0 fully saturated rings. The van der Waals surface area contributed by atoms with E-state index < -0.39 is 22.9 Å². The van der Waals surface area contributed by atoms with E-state index in [4.69, 9.17) is 0 Å². The molecular formula is C41H34FN5O4S. The first-order chi connectivity index (χ1) is 25.2. The number of halogens is 1. The van der Waals surface area contributed by atoms with E-state index in [2.05, 4.69) is 16.0 Å². The number of aromatic nitrogens is 2. The van der Waals surface area contributed by atoms with Gasteiger partial charge in [-0.1, -0.05) is 78.9 Å². The first-order valence-electron chi connectivity index (χ1n) is 16.3. The molecule has 11 heteroatoms. The second-order valence-corrected chi connectivity index (χ2v) is 12.9. The Hall–Kier alpha value is -6.46. The number of rotatable bonds is 11. The Labute approximate surface area is 303 Å². The van der Waals surface area contributed by atoms with Gasteiger partial charge in [-0.3, -0.25) is 23.9 Å². The summed E-state index contributed by atoms with van der Waals surface area (Å²) in [5.41, 5.74) is 3.15. The topological polar surface area (TPSA) is 114 Å². The fraction of sp³-hybridized carbons (Fsp3) is 0.0732. The summed E-state index contributed by atoms with van der Waals surface area (Å²) in [4.78, 5) is 54.6. The number of nitrogens with zero attached hydrogens (tertiary/aromatic N) is 2. The standard InChI is InChI=1S/C41H34FN5O4S/c1-27-36(41(51)47(46(27)2)33-16-10-5-11-17-33)45-40(50)37(29-12-6-3-7-13-29)52-34-24-22-32(23-25-34)43-39(49)35(26-28-18-20-31(42)21-19-28)44-38(48)30-14-8-4-9-15-30/h3-26,37H,1-2H3,(H,43,49)(H,44,48)(H,45,50)/b35-26-. The van der Waals surface area contributed by atoms with Crippen molar-refractivity contribution in [2.75, 3.05) is 10.6 Å². The van der Waals surface area contributed by atoms with Crippen molar-refractivity contribution in [2.45, 2.75) is 17.1 Å². The van der Waals surface area contributed by atoms with Crippen LogP contribution in [-0.2, 0) is 16.6 Å². The van der Waals surface area contributed by atoms with Gasteiger partial charge in [0.05, 0.1) is 11.4 Å². The van der Waals surface area contributed by atoms with E-state index in [0.29, 0.717) is 28.2 Å². The Kier molecular flexibility index (Phi) is 10.9. The SMILES string of the molecule is Cc1c(NC(=O)C(Sc2ccc(NC(=O)/C(=C/c3ccc(F)cc3)NC(=O)c3ccccc3)cc2)c2ccccc2)c(=O)n(-c2ccccc2)n1C. The van der Waals surface area contributed by atoms with Crippen molar-refractivity contribution in [3.05, 3.63) is 184 Å². The van der Waals surface area contributed by atoms with Crippen molar-refractivity contribution < 1.29 is 18.8 Å². The number of carbonyl (C=O) groups excluding carboxylic acids is 3. The summed E-state index contributed by atoms with van der Waals surface area (Å²) in [6.45, 7) is 1.78. The smallest absolute Gasteiger partial charge is 0.295 e. The molecule has 1 atom stereocenters. The van der Waals surface area contributed by atoms with Crippen LogP contribution in [0.3, 0.4) is 0 Å². The number of hydrogen-bond donors (Lipinski definition) is 3. The largest absolute Gasteiger partial charge is 0.321 e. The lowest BCUT2D eigenvalue weighted by molar-refractivity contribution is -0.116. The van der Waals surface area contributed by atoms with Gasteiger partial charge in [-0.05, 0) is 84.8 Å². The summed E-state index contributed by atoms with van der Waals surface area (Å²) in [5.74, 6) is -1.87. The molecule has 1 heterocycles. The number of carbonyl (C=O) groups is 3. The highest BCUT2D eigenvalue weighted by molar-refractivity contribution is 8.00. The van der Waals surface area contributed by atoms with Crippen LogP contribution in [-0.4, -0.2) is 27.1 Å². The third-order valence-electron chi connectivity index (χ3n) is 8.22. The maximum Gasteiger partial charge on any atom is 0.295 e. The van der Waals surface area contributed by atoms with Gasteiger partial charge in [0.25, 0.3) is 17.4 Å². The van der Waals surface area contributed by atoms with E-state index in [-0.39, 0.29) is 22.9 Å². The molecule has 9 nitrogen and oxygen atoms in total. The van der Waals surface area contributed by atoms with Crippen LogP contribution in [0.2, 0.25) is 0 Å². The molecule has 3 N–H and O–H groups in total. The van der Waals surface area contributed by atoms with E-state index in [1.54, 1.807) is 73.3 Å². The summed E-state index contributed by atoms with van der Waals surface area (Å²) in [5, 5.41) is 7.65. The minimum atomic E-state index is -0.718. The normalized spacial score (nSPS) is 11.8. The molecule has 0 saturated carbocycles. The Morgan fingerprint density at radius 1 is 0.750 bits per heavy atom. The van der Waals surface area contributed by atoms with Crippen LogP contribution in [0.4, 0.5) is 15.8 Å². The van der Waals surface area contributed by atoms with E-state index >= 15 is 0 Å². The van der Waals surface area contributed by atoms with Gasteiger partial charge in [0.2, 0.25) is 5.91 Å². The quantitative estimate of drug-likeness (QED) is 0.0952. The molecule has 0 saturated heterocycles. The van der Waals surface area contributed by atoms with Gasteiger partial charge < -0.3 is 16.0 Å². The minimum Gasteiger partial charge on any atom is -0.321 e. The van der Waals surface area contributed by atoms with E-state index in [1.165, 1.54) is 46.8 Å². The van der Waals surface area contributed by atoms with Crippen molar-refractivity contribution in [3.8, 4) is 5.69 Å². The predicted octanol–water partition coefficient (Wildman–Crippen LogP) is 7.51. The van der Waals surface area contributed by atoms with Crippen LogP contribution in [0.1, 0.15) is 32.4 Å². The van der Waals surface area contributed by atoms with Crippen LogP contribution < -0.4 is 21.5 Å². The van der Waals surface area contributed by atoms with Gasteiger partial charge in [-0.15, -0.1) is 11.8 Å². The molecule has 5 aromatic carbocycles. The molecule has 0 aliphatic carbocycles. The van der Waals surface area contributed by atoms with Gasteiger partial charge >= 0.3 is 0 Å². The lowest BCUT2D eigenvalue weighted by atomic mass is 10.1. The van der Waals surface area contributed by atoms with Gasteiger partial charge in [0.1, 0.15) is 22.5 Å². The Morgan fingerprint density at radius 2 is 1.35 bits per heavy atom. The van der Waals surface area contributed by atoms with Crippen LogP contribution >= 0.6 is 11.8 Å². The van der Waals surface area contributed by atoms with E-state index in [1.807, 2.05) is 60.7 Å². The number of benzene rings is 5. The van der Waals surface area contributed by atoms with Crippen molar-refractivity contribution in [2.24, 2.45) is 7.05 Å². The van der Waals surface area contributed by atoms with Crippen molar-refractivity contribution in [1.82, 2.24) is 14.7 Å². The first kappa shape index (κ1) is 35.4. The molecule has 1 unspecified atom stereocenters. The van der Waals surface area contributed by atoms with Gasteiger partial charge in [0.15, 0.2) is 0 Å². The van der Waals surface area contributed by atoms with E-state index in [9.17, 15) is 23.6 Å².